The molecule has 11 nitrogen and oxygen atoms in total. The van der Waals surface area contributed by atoms with Crippen molar-refractivity contribution in [2.24, 2.45) is 81.2 Å². The van der Waals surface area contributed by atoms with Crippen molar-refractivity contribution in [3.05, 3.63) is 0 Å². The van der Waals surface area contributed by atoms with E-state index in [0.717, 1.165) is 115 Å². The average molecular weight is 1680 g/mol. The van der Waals surface area contributed by atoms with Gasteiger partial charge in [-0.2, -0.15) is 0 Å². The molecule has 0 atom stereocenters. The quantitative estimate of drug-likeness (QED) is 0.0425. The minimum absolute atomic E-state index is 0.102. The van der Waals surface area contributed by atoms with E-state index in [1.807, 2.05) is 46.8 Å². The zero-order valence-corrected chi connectivity index (χ0v) is 90.4. The number of Topliss-reactive ketones (excluding diaryl/α,β-unsaturated/α-hetero) is 2. The molecule has 0 rings (SSSR count). The van der Waals surface area contributed by atoms with Gasteiger partial charge in [0.2, 0.25) is 5.91 Å². The van der Waals surface area contributed by atoms with E-state index in [9.17, 15) is 27.6 Å². The monoisotopic (exact) mass is 1680 g/mol. The van der Waals surface area contributed by atoms with Crippen LogP contribution in [0.15, 0.2) is 0 Å². The van der Waals surface area contributed by atoms with E-state index < -0.39 is 9.84 Å². The van der Waals surface area contributed by atoms with E-state index in [-0.39, 0.29) is 66.3 Å². The first kappa shape index (κ1) is 129. The first-order chi connectivity index (χ1) is 50.5. The molecule has 0 spiro atoms. The van der Waals surface area contributed by atoms with Crippen LogP contribution in [0.2, 0.25) is 0 Å². The van der Waals surface area contributed by atoms with Crippen LogP contribution >= 0.6 is 12.2 Å². The van der Waals surface area contributed by atoms with E-state index in [2.05, 4.69) is 312 Å². The molecule has 0 aliphatic carbocycles. The molecule has 0 aliphatic heterocycles. The van der Waals surface area contributed by atoms with Crippen molar-refractivity contribution in [1.82, 2.24) is 14.7 Å². The van der Waals surface area contributed by atoms with Gasteiger partial charge >= 0.3 is 6.03 Å². The minimum atomic E-state index is -2.85. The van der Waals surface area contributed by atoms with Crippen molar-refractivity contribution in [3.63, 3.8) is 0 Å². The van der Waals surface area contributed by atoms with Crippen molar-refractivity contribution in [2.75, 3.05) is 58.9 Å². The van der Waals surface area contributed by atoms with E-state index in [4.69, 9.17) is 22.4 Å². The number of urea groups is 1. The highest BCUT2D eigenvalue weighted by atomic mass is 32.2. The summed E-state index contributed by atoms with van der Waals surface area (Å²) in [6, 6.07) is 0.102. The fraction of sp³-hybridized carbons (Fsp3) is 0.942. The number of hydrogen-bond acceptors (Lipinski definition) is 9. The summed E-state index contributed by atoms with van der Waals surface area (Å²) in [5.41, 5.74) is 5.20. The molecule has 0 aromatic rings. The molecule has 1 N–H and O–H groups in total. The molecule has 0 saturated carbocycles. The lowest BCUT2D eigenvalue weighted by Crippen LogP contribution is -2.45. The third kappa shape index (κ3) is 127. The van der Waals surface area contributed by atoms with Gasteiger partial charge in [0.05, 0.1) is 23.7 Å². The van der Waals surface area contributed by atoms with Crippen LogP contribution in [-0.2, 0) is 29.0 Å². The summed E-state index contributed by atoms with van der Waals surface area (Å²) >= 11 is 5.39. The molecule has 116 heavy (non-hydrogen) atoms. The van der Waals surface area contributed by atoms with E-state index in [0.29, 0.717) is 81.4 Å². The van der Waals surface area contributed by atoms with Crippen LogP contribution in [-0.4, -0.2) is 122 Å². The second-order valence-electron chi connectivity index (χ2n) is 53.8. The summed E-state index contributed by atoms with van der Waals surface area (Å²) in [6.45, 7) is 108. The Kier molecular flexibility index (Phi) is 63.1. The van der Waals surface area contributed by atoms with E-state index in [1.54, 1.807) is 9.80 Å². The van der Waals surface area contributed by atoms with Crippen molar-refractivity contribution in [3.8, 4) is 0 Å². The molecule has 0 heterocycles. The Bertz CT molecular complexity index is 2470. The normalized spacial score (nSPS) is 13.1. The Hall–Kier alpha value is -2.25. The molecule has 0 bridgehead atoms. The number of carbonyl (C=O) groups excluding carboxylic acids is 4. The Labute approximate surface area is 736 Å². The topological polar surface area (TPSA) is 145 Å². The second kappa shape index (κ2) is 56.6. The van der Waals surface area contributed by atoms with Crippen LogP contribution in [0.3, 0.4) is 0 Å². The van der Waals surface area contributed by atoms with Gasteiger partial charge in [-0.05, 0) is 210 Å². The van der Waals surface area contributed by atoms with Crippen LogP contribution in [0.4, 0.5) is 4.79 Å². The number of amides is 3. The average Bonchev–Trinajstić information content (AvgIpc) is 0.885. The summed E-state index contributed by atoms with van der Waals surface area (Å²) in [5.74, 6) is 1.66. The molecule has 0 saturated heterocycles. The van der Waals surface area contributed by atoms with Crippen molar-refractivity contribution >= 4 is 56.1 Å². The molecule has 0 aliphatic rings. The van der Waals surface area contributed by atoms with Gasteiger partial charge < -0.3 is 24.8 Å². The lowest BCUT2D eigenvalue weighted by atomic mass is 9.86. The number of carbonyl (C=O) groups is 4. The van der Waals surface area contributed by atoms with E-state index in [1.165, 1.54) is 49.8 Å². The fourth-order valence-corrected chi connectivity index (χ4v) is 12.7. The number of nitrogens with zero attached hydrogens (tertiary/aromatic N) is 3. The number of unbranched alkanes of at least 4 members (excludes halogenated alkanes) is 2. The predicted octanol–water partition coefficient (Wildman–Crippen LogP) is 32.1. The number of thiocarbonyl (C=S) groups is 1. The van der Waals surface area contributed by atoms with E-state index >= 15 is 0 Å². The maximum Gasteiger partial charge on any atom is 0.319 e. The van der Waals surface area contributed by atoms with Gasteiger partial charge in [-0.1, -0.05) is 343 Å². The first-order valence-electron chi connectivity index (χ1n) is 45.6. The minimum Gasteiger partial charge on any atom is -0.375 e. The SMILES string of the molecule is CC(C)(C)CCC(=N)CCC(C)(C)C.CC(C)(C)CCC(=O)CCC(C)(C)C.CC(C)(C)CCC(=O)CCOC(C)(C)C.CC(C)(C)CCC(=S)CCC(C)(C)C.CC(C)(C)CCCCCC(C)(C)C.CC(C)(C)CCS(=O)(=O)CCC(C)(C)C.CN(CC(C)(C)C)C(=O)CCC(C)(C)C.CN(CC(C)(C)C)C(=O)N(C)CC(C)(C)C. The zero-order valence-electron chi connectivity index (χ0n) is 88.7. The summed E-state index contributed by atoms with van der Waals surface area (Å²) in [7, 11) is 2.79. The summed E-state index contributed by atoms with van der Waals surface area (Å²) in [6.07, 6.45) is 24.7. The predicted molar refractivity (Wildman–Crippen MR) is 526 cm³/mol. The summed E-state index contributed by atoms with van der Waals surface area (Å²) in [5, 5.41) is 7.85. The fourth-order valence-electron chi connectivity index (χ4n) is 10.4. The van der Waals surface area contributed by atoms with Crippen molar-refractivity contribution in [2.45, 2.75) is 492 Å². The molecular formula is C103H214N4O7S2. The van der Waals surface area contributed by atoms with Gasteiger partial charge in [0.15, 0.2) is 0 Å². The van der Waals surface area contributed by atoms with Gasteiger partial charge in [-0.15, -0.1) is 0 Å². The van der Waals surface area contributed by atoms with Crippen LogP contribution in [0.25, 0.3) is 0 Å². The van der Waals surface area contributed by atoms with Crippen LogP contribution in [0.5, 0.6) is 0 Å². The number of ketones is 2. The Morgan fingerprint density at radius 2 is 0.491 bits per heavy atom. The molecule has 700 valence electrons. The molecule has 13 heteroatoms. The lowest BCUT2D eigenvalue weighted by molar-refractivity contribution is -0.131. The second-order valence-corrected chi connectivity index (χ2v) is 56.7. The Balaban J connectivity index is -0.000000192. The highest BCUT2D eigenvalue weighted by Crippen LogP contribution is 2.32. The van der Waals surface area contributed by atoms with Gasteiger partial charge in [-0.25, -0.2) is 13.2 Å². The van der Waals surface area contributed by atoms with Gasteiger partial charge in [0, 0.05) is 78.6 Å². The first-order valence-corrected chi connectivity index (χ1v) is 47.9. The summed E-state index contributed by atoms with van der Waals surface area (Å²) < 4.78 is 29.0. The number of nitrogens with one attached hydrogen (secondary N) is 1. The third-order valence-corrected chi connectivity index (χ3v) is 20.1. The van der Waals surface area contributed by atoms with Crippen molar-refractivity contribution < 1.29 is 32.3 Å². The number of sulfone groups is 1. The maximum atomic E-state index is 12.1. The van der Waals surface area contributed by atoms with Crippen LogP contribution in [0, 0.1) is 86.6 Å². The largest absolute Gasteiger partial charge is 0.375 e. The zero-order chi connectivity index (χ0) is 94.6. The highest BCUT2D eigenvalue weighted by Gasteiger charge is 2.27. The molecule has 0 aromatic heterocycles. The molecule has 0 unspecified atom stereocenters. The molecule has 0 aromatic carbocycles. The van der Waals surface area contributed by atoms with Crippen LogP contribution in [0.1, 0.15) is 486 Å². The third-order valence-electron chi connectivity index (χ3n) is 18.0. The smallest absolute Gasteiger partial charge is 0.319 e. The van der Waals surface area contributed by atoms with Crippen molar-refractivity contribution in [1.29, 1.82) is 5.41 Å². The number of hydrogen-bond donors (Lipinski definition) is 1. The van der Waals surface area contributed by atoms with Gasteiger partial charge in [0.1, 0.15) is 21.4 Å². The van der Waals surface area contributed by atoms with Gasteiger partial charge in [0.25, 0.3) is 0 Å². The number of rotatable bonds is 30. The number of ether oxygens (including phenoxy) is 1. The Morgan fingerprint density at radius 1 is 0.276 bits per heavy atom. The molecular weight excluding hydrogens is 1470 g/mol. The molecule has 3 amide bonds. The Morgan fingerprint density at radius 3 is 0.724 bits per heavy atom. The molecule has 0 fully saturated rings. The summed E-state index contributed by atoms with van der Waals surface area (Å²) in [4.78, 5) is 53.6. The molecule has 0 radical (unpaired) electrons. The van der Waals surface area contributed by atoms with Gasteiger partial charge in [-0.3, -0.25) is 14.4 Å². The standard InChI is InChI=1S/C13H28N2O.C13H27NO.C13H27N.C13H26O2.C13H26O.C13H26S.C13H28.C12H26O2S/c1-12(2,3)9-14(7)11(16)15(8)10-13(4,5)6;1-12(2,3)9-8-11(15)14(7)10-13(4,5)6;1-12(2,3)9-7-11(14)8-10-13(4,5)6;1-12(2,3)9-7-11(14)8-10-15-13(4,5)6;2*1-12(2,3)9-7-11(14)8-10-13(4,5)6;1-12(2,3)10-8-7-9-11-13(4,5)6;1-11(2,3)7-9-15(13,14)10-8-12(4,5)6/h9-10H2,1-8H3;8-10H2,1-7H3;14H,7-10H2,1-6H3;7-10H2,1-6H3;2*7-10H2,1-6H3;7-11H2,1-6H3;7-10H2,1-6H3. The van der Waals surface area contributed by atoms with Crippen LogP contribution < -0.4 is 0 Å². The highest BCUT2D eigenvalue weighted by molar-refractivity contribution is 7.91. The maximum absolute atomic E-state index is 12.1. The lowest BCUT2D eigenvalue weighted by Gasteiger charge is -2.33.